The van der Waals surface area contributed by atoms with Gasteiger partial charge in [0.15, 0.2) is 5.96 Å². The van der Waals surface area contributed by atoms with Gasteiger partial charge in [0.1, 0.15) is 5.75 Å². The Bertz CT molecular complexity index is 740. The maximum atomic E-state index is 12.6. The standard InChI is InChI=1S/C18H24F2N4OS.HI/c1-4-21-18(22-8-7-15-11-26-13(3)24-15)23-10-14-9-12(2)5-6-16(14)25-17(19)20;/h5-6,9,11,17H,4,7-8,10H2,1-3H3,(H2,21,22,23);1H. The number of hydrogen-bond donors (Lipinski definition) is 2. The molecule has 0 aliphatic heterocycles. The van der Waals surface area contributed by atoms with Gasteiger partial charge in [-0.1, -0.05) is 17.7 Å². The first kappa shape index (κ1) is 23.5. The van der Waals surface area contributed by atoms with Gasteiger partial charge in [-0.15, -0.1) is 35.3 Å². The highest BCUT2D eigenvalue weighted by atomic mass is 127. The Morgan fingerprint density at radius 1 is 1.30 bits per heavy atom. The Morgan fingerprint density at radius 3 is 2.70 bits per heavy atom. The predicted octanol–water partition coefficient (Wildman–Crippen LogP) is 4.28. The van der Waals surface area contributed by atoms with Crippen LogP contribution in [0.1, 0.15) is 28.8 Å². The Labute approximate surface area is 179 Å². The number of halogens is 3. The molecule has 0 saturated carbocycles. The predicted molar refractivity (Wildman–Crippen MR) is 117 cm³/mol. The number of guanidine groups is 1. The zero-order valence-corrected chi connectivity index (χ0v) is 18.7. The monoisotopic (exact) mass is 510 g/mol. The molecule has 0 aliphatic carbocycles. The summed E-state index contributed by atoms with van der Waals surface area (Å²) in [7, 11) is 0. The second-order valence-corrected chi connectivity index (χ2v) is 6.78. The van der Waals surface area contributed by atoms with Crippen LogP contribution in [0.3, 0.4) is 0 Å². The third kappa shape index (κ3) is 8.37. The molecule has 1 aromatic heterocycles. The van der Waals surface area contributed by atoms with Crippen molar-refractivity contribution in [2.45, 2.75) is 40.3 Å². The summed E-state index contributed by atoms with van der Waals surface area (Å²) in [6.45, 7) is 4.63. The molecule has 2 rings (SSSR count). The number of aryl methyl sites for hydroxylation is 2. The van der Waals surface area contributed by atoms with E-state index in [1.54, 1.807) is 23.5 Å². The molecule has 9 heteroatoms. The molecule has 2 aromatic rings. The molecule has 1 heterocycles. The van der Waals surface area contributed by atoms with E-state index in [1.165, 1.54) is 0 Å². The molecule has 0 spiro atoms. The van der Waals surface area contributed by atoms with Gasteiger partial charge in [-0.05, 0) is 26.8 Å². The van der Waals surface area contributed by atoms with Crippen molar-refractivity contribution in [3.05, 3.63) is 45.4 Å². The summed E-state index contributed by atoms with van der Waals surface area (Å²) in [5.41, 5.74) is 2.63. The highest BCUT2D eigenvalue weighted by Crippen LogP contribution is 2.22. The number of nitrogens with one attached hydrogen (secondary N) is 2. The average Bonchev–Trinajstić information content (AvgIpc) is 2.99. The first-order valence-electron chi connectivity index (χ1n) is 8.45. The lowest BCUT2D eigenvalue weighted by Gasteiger charge is -2.13. The first-order chi connectivity index (χ1) is 12.5. The molecule has 5 nitrogen and oxygen atoms in total. The third-order valence-corrected chi connectivity index (χ3v) is 4.35. The maximum absolute atomic E-state index is 12.6. The molecule has 0 atom stereocenters. The van der Waals surface area contributed by atoms with Crippen molar-refractivity contribution in [1.29, 1.82) is 0 Å². The SMILES string of the molecule is CCNC(=NCc1cc(C)ccc1OC(F)F)NCCc1csc(C)n1.I. The summed E-state index contributed by atoms with van der Waals surface area (Å²) in [5.74, 6) is 0.784. The minimum Gasteiger partial charge on any atom is -0.434 e. The number of benzene rings is 1. The van der Waals surface area contributed by atoms with Crippen LogP contribution in [0.15, 0.2) is 28.6 Å². The smallest absolute Gasteiger partial charge is 0.387 e. The zero-order valence-electron chi connectivity index (χ0n) is 15.6. The van der Waals surface area contributed by atoms with Crippen molar-refractivity contribution in [2.75, 3.05) is 13.1 Å². The summed E-state index contributed by atoms with van der Waals surface area (Å²) in [5, 5.41) is 9.48. The normalized spacial score (nSPS) is 11.3. The second-order valence-electron chi connectivity index (χ2n) is 5.72. The second kappa shape index (κ2) is 12.1. The minimum absolute atomic E-state index is 0. The molecule has 1 aromatic carbocycles. The van der Waals surface area contributed by atoms with E-state index in [9.17, 15) is 8.78 Å². The van der Waals surface area contributed by atoms with E-state index >= 15 is 0 Å². The van der Waals surface area contributed by atoms with E-state index in [0.29, 0.717) is 24.6 Å². The van der Waals surface area contributed by atoms with Crippen LogP contribution in [0.25, 0.3) is 0 Å². The van der Waals surface area contributed by atoms with Gasteiger partial charge in [-0.25, -0.2) is 9.98 Å². The van der Waals surface area contributed by atoms with Gasteiger partial charge in [0, 0.05) is 30.5 Å². The van der Waals surface area contributed by atoms with Crippen molar-refractivity contribution < 1.29 is 13.5 Å². The van der Waals surface area contributed by atoms with Crippen LogP contribution in [0.2, 0.25) is 0 Å². The van der Waals surface area contributed by atoms with Crippen LogP contribution in [-0.4, -0.2) is 30.6 Å². The van der Waals surface area contributed by atoms with Crippen molar-refractivity contribution in [2.24, 2.45) is 4.99 Å². The summed E-state index contributed by atoms with van der Waals surface area (Å²) in [6, 6.07) is 5.10. The number of ether oxygens (including phenoxy) is 1. The molecule has 0 unspecified atom stereocenters. The molecule has 2 N–H and O–H groups in total. The number of hydrogen-bond acceptors (Lipinski definition) is 4. The van der Waals surface area contributed by atoms with Crippen LogP contribution in [0.5, 0.6) is 5.75 Å². The molecular weight excluding hydrogens is 485 g/mol. The molecule has 0 radical (unpaired) electrons. The van der Waals surface area contributed by atoms with Gasteiger partial charge in [-0.3, -0.25) is 0 Å². The van der Waals surface area contributed by atoms with Gasteiger partial charge in [0.25, 0.3) is 0 Å². The molecule has 150 valence electrons. The molecular formula is C18H25F2IN4OS. The van der Waals surface area contributed by atoms with Crippen molar-refractivity contribution in [3.8, 4) is 5.75 Å². The van der Waals surface area contributed by atoms with Crippen LogP contribution < -0.4 is 15.4 Å². The van der Waals surface area contributed by atoms with Crippen LogP contribution in [-0.2, 0) is 13.0 Å². The number of nitrogens with zero attached hydrogens (tertiary/aromatic N) is 2. The quantitative estimate of drug-likeness (QED) is 0.317. The number of alkyl halides is 2. The fourth-order valence-electron chi connectivity index (χ4n) is 2.38. The summed E-state index contributed by atoms with van der Waals surface area (Å²) in [4.78, 5) is 8.91. The molecule has 0 amide bonds. The van der Waals surface area contributed by atoms with Gasteiger partial charge in [0.05, 0.1) is 17.2 Å². The Kier molecular flexibility index (Phi) is 10.5. The molecule has 0 aliphatic rings. The topological polar surface area (TPSA) is 58.5 Å². The maximum Gasteiger partial charge on any atom is 0.387 e. The fourth-order valence-corrected chi connectivity index (χ4v) is 3.03. The molecule has 0 bridgehead atoms. The number of rotatable bonds is 8. The van der Waals surface area contributed by atoms with E-state index < -0.39 is 6.61 Å². The Morgan fingerprint density at radius 2 is 2.07 bits per heavy atom. The summed E-state index contributed by atoms with van der Waals surface area (Å²) in [6.07, 6.45) is 0.791. The van der Waals surface area contributed by atoms with Crippen molar-refractivity contribution in [3.63, 3.8) is 0 Å². The largest absolute Gasteiger partial charge is 0.434 e. The summed E-state index contributed by atoms with van der Waals surface area (Å²) < 4.78 is 29.7. The van der Waals surface area contributed by atoms with E-state index in [0.717, 1.165) is 22.7 Å². The highest BCUT2D eigenvalue weighted by molar-refractivity contribution is 14.0. The lowest BCUT2D eigenvalue weighted by atomic mass is 10.1. The van der Waals surface area contributed by atoms with Gasteiger partial charge < -0.3 is 15.4 Å². The van der Waals surface area contributed by atoms with Gasteiger partial charge in [-0.2, -0.15) is 8.78 Å². The van der Waals surface area contributed by atoms with E-state index in [2.05, 4.69) is 25.3 Å². The Hall–Kier alpha value is -1.49. The van der Waals surface area contributed by atoms with E-state index in [1.807, 2.05) is 32.2 Å². The fraction of sp³-hybridized carbons (Fsp3) is 0.444. The molecule has 0 fully saturated rings. The minimum atomic E-state index is -2.85. The molecule has 0 saturated heterocycles. The van der Waals surface area contributed by atoms with E-state index in [-0.39, 0.29) is 36.3 Å². The van der Waals surface area contributed by atoms with Crippen LogP contribution >= 0.6 is 35.3 Å². The lowest BCUT2D eigenvalue weighted by Crippen LogP contribution is -2.38. The lowest BCUT2D eigenvalue weighted by molar-refractivity contribution is -0.0504. The third-order valence-electron chi connectivity index (χ3n) is 3.52. The Balaban J connectivity index is 0.00000364. The van der Waals surface area contributed by atoms with Crippen LogP contribution in [0, 0.1) is 13.8 Å². The van der Waals surface area contributed by atoms with Crippen molar-refractivity contribution >= 4 is 41.3 Å². The number of aliphatic imine (C=N–C) groups is 1. The average molecular weight is 510 g/mol. The van der Waals surface area contributed by atoms with Gasteiger partial charge >= 0.3 is 6.61 Å². The number of aromatic nitrogens is 1. The van der Waals surface area contributed by atoms with Crippen LogP contribution in [0.4, 0.5) is 8.78 Å². The highest BCUT2D eigenvalue weighted by Gasteiger charge is 2.10. The zero-order chi connectivity index (χ0) is 18.9. The van der Waals surface area contributed by atoms with E-state index in [4.69, 9.17) is 0 Å². The number of thiazole rings is 1. The molecule has 27 heavy (non-hydrogen) atoms. The first-order valence-corrected chi connectivity index (χ1v) is 9.33. The van der Waals surface area contributed by atoms with Gasteiger partial charge in [0.2, 0.25) is 0 Å². The summed E-state index contributed by atoms with van der Waals surface area (Å²) >= 11 is 1.63. The van der Waals surface area contributed by atoms with Crippen molar-refractivity contribution in [1.82, 2.24) is 15.6 Å².